The molecule has 1 heterocycles. The van der Waals surface area contributed by atoms with E-state index in [0.717, 1.165) is 21.7 Å². The Morgan fingerprint density at radius 1 is 1.21 bits per heavy atom. The third-order valence-corrected chi connectivity index (χ3v) is 3.23. The Labute approximate surface area is 91.0 Å². The number of halogens is 1. The molecule has 0 saturated heterocycles. The van der Waals surface area contributed by atoms with Gasteiger partial charge in [0.2, 0.25) is 0 Å². The summed E-state index contributed by atoms with van der Waals surface area (Å²) in [7, 11) is 0. The Morgan fingerprint density at radius 2 is 1.93 bits per heavy atom. The van der Waals surface area contributed by atoms with Crippen LogP contribution in [-0.4, -0.2) is 6.29 Å². The van der Waals surface area contributed by atoms with Gasteiger partial charge in [-0.05, 0) is 11.6 Å². The first-order chi connectivity index (χ1) is 6.79. The van der Waals surface area contributed by atoms with Crippen molar-refractivity contribution in [3.63, 3.8) is 0 Å². The van der Waals surface area contributed by atoms with Gasteiger partial charge < -0.3 is 0 Å². The van der Waals surface area contributed by atoms with E-state index in [2.05, 4.69) is 0 Å². The van der Waals surface area contributed by atoms with E-state index in [4.69, 9.17) is 11.6 Å². The summed E-state index contributed by atoms with van der Waals surface area (Å²) in [5, 5.41) is 2.65. The molecule has 0 spiro atoms. The van der Waals surface area contributed by atoms with E-state index in [1.54, 1.807) is 23.5 Å². The maximum Gasteiger partial charge on any atom is 0.150 e. The van der Waals surface area contributed by atoms with Gasteiger partial charge in [0.1, 0.15) is 6.29 Å². The standard InChI is InChI=1S/C11H7ClOS/c12-10-5-11(14-7-10)9-3-1-8(6-13)2-4-9/h1-7H. The summed E-state index contributed by atoms with van der Waals surface area (Å²) < 4.78 is 0. The molecule has 0 N–H and O–H groups in total. The molecule has 1 nitrogen and oxygen atoms in total. The molecule has 14 heavy (non-hydrogen) atoms. The van der Waals surface area contributed by atoms with Crippen LogP contribution in [0.2, 0.25) is 5.02 Å². The molecule has 0 aliphatic rings. The zero-order chi connectivity index (χ0) is 9.97. The third-order valence-electron chi connectivity index (χ3n) is 1.90. The topological polar surface area (TPSA) is 17.1 Å². The number of hydrogen-bond donors (Lipinski definition) is 0. The summed E-state index contributed by atoms with van der Waals surface area (Å²) in [4.78, 5) is 11.6. The molecule has 2 aromatic rings. The number of aldehydes is 1. The normalized spacial score (nSPS) is 10.1. The predicted octanol–water partition coefficient (Wildman–Crippen LogP) is 3.88. The molecule has 0 aliphatic carbocycles. The highest BCUT2D eigenvalue weighted by atomic mass is 35.5. The van der Waals surface area contributed by atoms with Crippen LogP contribution in [0.3, 0.4) is 0 Å². The van der Waals surface area contributed by atoms with Crippen molar-refractivity contribution in [2.45, 2.75) is 0 Å². The summed E-state index contributed by atoms with van der Waals surface area (Å²) in [6, 6.07) is 9.37. The second-order valence-electron chi connectivity index (χ2n) is 2.87. The van der Waals surface area contributed by atoms with Crippen molar-refractivity contribution in [1.29, 1.82) is 0 Å². The average Bonchev–Trinajstić information content (AvgIpc) is 2.65. The van der Waals surface area contributed by atoms with Gasteiger partial charge in [-0.2, -0.15) is 0 Å². The predicted molar refractivity (Wildman–Crippen MR) is 60.2 cm³/mol. The van der Waals surface area contributed by atoms with Gasteiger partial charge in [0.15, 0.2) is 0 Å². The lowest BCUT2D eigenvalue weighted by molar-refractivity contribution is 0.112. The van der Waals surface area contributed by atoms with Gasteiger partial charge in [-0.1, -0.05) is 35.9 Å². The molecule has 0 radical (unpaired) electrons. The Morgan fingerprint density at radius 3 is 2.43 bits per heavy atom. The van der Waals surface area contributed by atoms with E-state index >= 15 is 0 Å². The number of benzene rings is 1. The van der Waals surface area contributed by atoms with Crippen molar-refractivity contribution in [1.82, 2.24) is 0 Å². The summed E-state index contributed by atoms with van der Waals surface area (Å²) in [5.41, 5.74) is 1.78. The van der Waals surface area contributed by atoms with Crippen molar-refractivity contribution in [3.05, 3.63) is 46.3 Å². The van der Waals surface area contributed by atoms with Crippen LogP contribution in [0.5, 0.6) is 0 Å². The van der Waals surface area contributed by atoms with Crippen molar-refractivity contribution >= 4 is 29.2 Å². The number of carbonyl (C=O) groups is 1. The maximum absolute atomic E-state index is 10.4. The number of rotatable bonds is 2. The zero-order valence-electron chi connectivity index (χ0n) is 7.24. The molecule has 0 amide bonds. The summed E-state index contributed by atoms with van der Waals surface area (Å²) in [6.07, 6.45) is 0.838. The van der Waals surface area contributed by atoms with Gasteiger partial charge in [-0.15, -0.1) is 11.3 Å². The fraction of sp³-hybridized carbons (Fsp3) is 0. The van der Waals surface area contributed by atoms with Crippen LogP contribution >= 0.6 is 22.9 Å². The van der Waals surface area contributed by atoms with E-state index < -0.39 is 0 Å². The van der Waals surface area contributed by atoms with E-state index in [1.807, 2.05) is 23.6 Å². The molecule has 3 heteroatoms. The van der Waals surface area contributed by atoms with Crippen LogP contribution in [-0.2, 0) is 0 Å². The fourth-order valence-corrected chi connectivity index (χ4v) is 2.27. The molecule has 1 aromatic heterocycles. The number of thiophene rings is 1. The number of carbonyl (C=O) groups excluding carboxylic acids is 1. The van der Waals surface area contributed by atoms with Gasteiger partial charge in [0.25, 0.3) is 0 Å². The minimum Gasteiger partial charge on any atom is -0.298 e. The Bertz CT molecular complexity index is 445. The maximum atomic E-state index is 10.4. The van der Waals surface area contributed by atoms with E-state index in [-0.39, 0.29) is 0 Å². The molecule has 2 rings (SSSR count). The van der Waals surface area contributed by atoms with Crippen LogP contribution in [0.25, 0.3) is 10.4 Å². The van der Waals surface area contributed by atoms with Gasteiger partial charge in [-0.25, -0.2) is 0 Å². The molecule has 0 bridgehead atoms. The quantitative estimate of drug-likeness (QED) is 0.705. The van der Waals surface area contributed by atoms with E-state index in [0.29, 0.717) is 5.56 Å². The monoisotopic (exact) mass is 222 g/mol. The first kappa shape index (κ1) is 9.44. The lowest BCUT2D eigenvalue weighted by atomic mass is 10.1. The molecular weight excluding hydrogens is 216 g/mol. The minimum atomic E-state index is 0.691. The van der Waals surface area contributed by atoms with Crippen LogP contribution < -0.4 is 0 Å². The molecule has 0 fully saturated rings. The Balaban J connectivity index is 2.38. The second-order valence-corrected chi connectivity index (χ2v) is 4.22. The van der Waals surface area contributed by atoms with Crippen LogP contribution in [0, 0.1) is 0 Å². The van der Waals surface area contributed by atoms with Crippen LogP contribution in [0.4, 0.5) is 0 Å². The second kappa shape index (κ2) is 3.95. The summed E-state index contributed by atoms with van der Waals surface area (Å²) in [6.45, 7) is 0. The van der Waals surface area contributed by atoms with Gasteiger partial charge in [0.05, 0.1) is 5.02 Å². The first-order valence-electron chi connectivity index (χ1n) is 4.09. The molecule has 1 aromatic carbocycles. The van der Waals surface area contributed by atoms with Gasteiger partial charge in [-0.3, -0.25) is 4.79 Å². The van der Waals surface area contributed by atoms with Gasteiger partial charge in [0, 0.05) is 15.8 Å². The van der Waals surface area contributed by atoms with Crippen molar-refractivity contribution in [2.75, 3.05) is 0 Å². The van der Waals surface area contributed by atoms with Gasteiger partial charge >= 0.3 is 0 Å². The minimum absolute atomic E-state index is 0.691. The smallest absolute Gasteiger partial charge is 0.150 e. The molecule has 0 aliphatic heterocycles. The molecule has 0 saturated carbocycles. The molecule has 0 unspecified atom stereocenters. The Hall–Kier alpha value is -1.12. The lowest BCUT2D eigenvalue weighted by Crippen LogP contribution is -1.78. The molecule has 70 valence electrons. The van der Waals surface area contributed by atoms with Crippen molar-refractivity contribution in [3.8, 4) is 10.4 Å². The van der Waals surface area contributed by atoms with E-state index in [9.17, 15) is 4.79 Å². The first-order valence-corrected chi connectivity index (χ1v) is 5.35. The molecule has 0 atom stereocenters. The van der Waals surface area contributed by atoms with Crippen LogP contribution in [0.1, 0.15) is 10.4 Å². The van der Waals surface area contributed by atoms with Crippen molar-refractivity contribution < 1.29 is 4.79 Å². The third kappa shape index (κ3) is 1.86. The fourth-order valence-electron chi connectivity index (χ4n) is 1.19. The van der Waals surface area contributed by atoms with Crippen LogP contribution in [0.15, 0.2) is 35.7 Å². The highest BCUT2D eigenvalue weighted by molar-refractivity contribution is 7.14. The van der Waals surface area contributed by atoms with E-state index in [1.165, 1.54) is 0 Å². The summed E-state index contributed by atoms with van der Waals surface area (Å²) in [5.74, 6) is 0. The highest BCUT2D eigenvalue weighted by Crippen LogP contribution is 2.29. The SMILES string of the molecule is O=Cc1ccc(-c2cc(Cl)cs2)cc1. The summed E-state index contributed by atoms with van der Waals surface area (Å²) >= 11 is 7.42. The average molecular weight is 223 g/mol. The number of hydrogen-bond acceptors (Lipinski definition) is 2. The Kier molecular flexibility index (Phi) is 2.66. The zero-order valence-corrected chi connectivity index (χ0v) is 8.81. The lowest BCUT2D eigenvalue weighted by Gasteiger charge is -1.96. The highest BCUT2D eigenvalue weighted by Gasteiger charge is 2.00. The van der Waals surface area contributed by atoms with Crippen molar-refractivity contribution in [2.24, 2.45) is 0 Å². The molecular formula is C11H7ClOS. The largest absolute Gasteiger partial charge is 0.298 e.